The van der Waals surface area contributed by atoms with Crippen LogP contribution in [0.3, 0.4) is 0 Å². The number of rotatable bonds is 1. The predicted molar refractivity (Wildman–Crippen MR) is 66.5 cm³/mol. The smallest absolute Gasteiger partial charge is 0.141 e. The van der Waals surface area contributed by atoms with E-state index in [1.807, 2.05) is 0 Å². The van der Waals surface area contributed by atoms with Crippen molar-refractivity contribution in [3.8, 4) is 11.4 Å². The molecule has 0 saturated carbocycles. The average molecular weight is 265 g/mol. The number of aromatic amines is 1. The van der Waals surface area contributed by atoms with E-state index in [2.05, 4.69) is 9.97 Å². The fourth-order valence-electron chi connectivity index (χ4n) is 1.81. The maximum absolute atomic E-state index is 13.6. The Morgan fingerprint density at radius 1 is 1.11 bits per heavy atom. The van der Waals surface area contributed by atoms with Crippen molar-refractivity contribution >= 4 is 22.6 Å². The highest BCUT2D eigenvalue weighted by molar-refractivity contribution is 6.34. The van der Waals surface area contributed by atoms with Gasteiger partial charge in [0, 0.05) is 6.07 Å². The molecule has 0 radical (unpaired) electrons. The first-order valence-corrected chi connectivity index (χ1v) is 5.62. The Kier molecular flexibility index (Phi) is 2.52. The van der Waals surface area contributed by atoms with Crippen molar-refractivity contribution < 1.29 is 8.78 Å². The van der Waals surface area contributed by atoms with Crippen LogP contribution < -0.4 is 0 Å². The van der Waals surface area contributed by atoms with Crippen molar-refractivity contribution in [2.24, 2.45) is 0 Å². The molecule has 0 fully saturated rings. The molecule has 0 atom stereocenters. The molecule has 5 heteroatoms. The summed E-state index contributed by atoms with van der Waals surface area (Å²) in [6, 6.07) is 8.62. The van der Waals surface area contributed by atoms with Crippen LogP contribution >= 0.6 is 11.6 Å². The van der Waals surface area contributed by atoms with Crippen LogP contribution in [-0.2, 0) is 0 Å². The zero-order valence-corrected chi connectivity index (χ0v) is 9.80. The van der Waals surface area contributed by atoms with Crippen LogP contribution in [0.4, 0.5) is 8.78 Å². The summed E-state index contributed by atoms with van der Waals surface area (Å²) in [7, 11) is 0. The number of imidazole rings is 1. The highest BCUT2D eigenvalue weighted by Crippen LogP contribution is 2.27. The van der Waals surface area contributed by atoms with E-state index < -0.39 is 11.6 Å². The van der Waals surface area contributed by atoms with Crippen molar-refractivity contribution in [1.29, 1.82) is 0 Å². The first-order chi connectivity index (χ1) is 8.65. The van der Waals surface area contributed by atoms with Crippen molar-refractivity contribution in [3.63, 3.8) is 0 Å². The van der Waals surface area contributed by atoms with Crippen molar-refractivity contribution in [2.45, 2.75) is 0 Å². The minimum atomic E-state index is -0.662. The van der Waals surface area contributed by atoms with Gasteiger partial charge in [0.1, 0.15) is 23.0 Å². The molecule has 3 aromatic rings. The van der Waals surface area contributed by atoms with Crippen LogP contribution in [0.25, 0.3) is 22.4 Å². The second-order valence-corrected chi connectivity index (χ2v) is 4.25. The minimum Gasteiger partial charge on any atom is -0.338 e. The minimum absolute atomic E-state index is 0.212. The number of H-pyrrole nitrogens is 1. The standard InChI is InChI=1S/C13H7ClF2N2/c14-9-2-1-3-11-12(9)18-13(17-11)8-5-4-7(15)6-10(8)16/h1-6H,(H,17,18). The summed E-state index contributed by atoms with van der Waals surface area (Å²) in [5, 5.41) is 0.484. The molecule has 0 aliphatic carbocycles. The third-order valence-corrected chi connectivity index (χ3v) is 2.95. The van der Waals surface area contributed by atoms with Crippen molar-refractivity contribution in [3.05, 3.63) is 53.1 Å². The van der Waals surface area contributed by atoms with Gasteiger partial charge in [-0.3, -0.25) is 0 Å². The molecule has 3 rings (SSSR count). The van der Waals surface area contributed by atoms with E-state index in [9.17, 15) is 8.78 Å². The summed E-state index contributed by atoms with van der Waals surface area (Å²) in [5.74, 6) is -0.953. The summed E-state index contributed by atoms with van der Waals surface area (Å²) in [6.07, 6.45) is 0. The molecular formula is C13H7ClF2N2. The van der Waals surface area contributed by atoms with E-state index in [0.29, 0.717) is 21.9 Å². The zero-order chi connectivity index (χ0) is 12.7. The first-order valence-electron chi connectivity index (χ1n) is 5.25. The number of benzene rings is 2. The maximum atomic E-state index is 13.6. The van der Waals surface area contributed by atoms with Gasteiger partial charge >= 0.3 is 0 Å². The van der Waals surface area contributed by atoms with Gasteiger partial charge in [0.2, 0.25) is 0 Å². The number of fused-ring (bicyclic) bond motifs is 1. The Bertz CT molecular complexity index is 737. The van der Waals surface area contributed by atoms with Crippen LogP contribution in [0.5, 0.6) is 0 Å². The van der Waals surface area contributed by atoms with E-state index in [0.717, 1.165) is 6.07 Å². The molecule has 2 aromatic carbocycles. The lowest BCUT2D eigenvalue weighted by Crippen LogP contribution is -1.87. The molecule has 0 bridgehead atoms. The molecular weight excluding hydrogens is 258 g/mol. The summed E-state index contributed by atoms with van der Waals surface area (Å²) < 4.78 is 26.5. The molecule has 1 heterocycles. The van der Waals surface area contributed by atoms with Gasteiger partial charge in [-0.2, -0.15) is 0 Å². The quantitative estimate of drug-likeness (QED) is 0.702. The Balaban J connectivity index is 2.23. The number of hydrogen-bond acceptors (Lipinski definition) is 1. The topological polar surface area (TPSA) is 28.7 Å². The summed E-state index contributed by atoms with van der Waals surface area (Å²) >= 11 is 5.99. The maximum Gasteiger partial charge on any atom is 0.141 e. The van der Waals surface area contributed by atoms with Crippen molar-refractivity contribution in [2.75, 3.05) is 0 Å². The lowest BCUT2D eigenvalue weighted by Gasteiger charge is -1.98. The lowest BCUT2D eigenvalue weighted by atomic mass is 10.2. The fourth-order valence-corrected chi connectivity index (χ4v) is 2.02. The largest absolute Gasteiger partial charge is 0.338 e. The van der Waals surface area contributed by atoms with Crippen molar-refractivity contribution in [1.82, 2.24) is 9.97 Å². The molecule has 18 heavy (non-hydrogen) atoms. The first kappa shape index (κ1) is 11.2. The normalized spacial score (nSPS) is 11.1. The highest BCUT2D eigenvalue weighted by atomic mass is 35.5. The molecule has 0 saturated heterocycles. The summed E-state index contributed by atoms with van der Waals surface area (Å²) in [5.41, 5.74) is 1.49. The van der Waals surface area contributed by atoms with Gasteiger partial charge in [-0.15, -0.1) is 0 Å². The SMILES string of the molecule is Fc1ccc(-c2nc3c(Cl)cccc3[nH]2)c(F)c1. The lowest BCUT2D eigenvalue weighted by molar-refractivity contribution is 0.585. The van der Waals surface area contributed by atoms with E-state index in [4.69, 9.17) is 11.6 Å². The van der Waals surface area contributed by atoms with Crippen LogP contribution in [-0.4, -0.2) is 9.97 Å². The molecule has 1 aromatic heterocycles. The van der Waals surface area contributed by atoms with Crippen LogP contribution in [0.15, 0.2) is 36.4 Å². The number of nitrogens with zero attached hydrogens (tertiary/aromatic N) is 1. The molecule has 90 valence electrons. The Morgan fingerprint density at radius 2 is 1.94 bits per heavy atom. The molecule has 0 amide bonds. The van der Waals surface area contributed by atoms with Crippen LogP contribution in [0.1, 0.15) is 0 Å². The number of aromatic nitrogens is 2. The second-order valence-electron chi connectivity index (χ2n) is 3.85. The number of para-hydroxylation sites is 1. The summed E-state index contributed by atoms with van der Waals surface area (Å²) in [6.45, 7) is 0. The molecule has 0 spiro atoms. The molecule has 0 aliphatic rings. The molecule has 0 unspecified atom stereocenters. The molecule has 1 N–H and O–H groups in total. The Labute approximate surface area is 106 Å². The van der Waals surface area contributed by atoms with E-state index >= 15 is 0 Å². The zero-order valence-electron chi connectivity index (χ0n) is 9.05. The van der Waals surface area contributed by atoms with Gasteiger partial charge in [0.15, 0.2) is 0 Å². The van der Waals surface area contributed by atoms with E-state index in [-0.39, 0.29) is 5.56 Å². The van der Waals surface area contributed by atoms with Gasteiger partial charge in [0.25, 0.3) is 0 Å². The Hall–Kier alpha value is -1.94. The number of nitrogens with one attached hydrogen (secondary N) is 1. The molecule has 0 aliphatic heterocycles. The Morgan fingerprint density at radius 3 is 2.67 bits per heavy atom. The van der Waals surface area contributed by atoms with E-state index in [1.54, 1.807) is 18.2 Å². The highest BCUT2D eigenvalue weighted by Gasteiger charge is 2.12. The predicted octanol–water partition coefficient (Wildman–Crippen LogP) is 4.16. The second kappa shape index (κ2) is 4.07. The third-order valence-electron chi connectivity index (χ3n) is 2.65. The van der Waals surface area contributed by atoms with E-state index in [1.165, 1.54) is 12.1 Å². The summed E-state index contributed by atoms with van der Waals surface area (Å²) in [4.78, 5) is 7.18. The number of halogens is 3. The van der Waals surface area contributed by atoms with Gasteiger partial charge in [-0.05, 0) is 24.3 Å². The number of hydrogen-bond donors (Lipinski definition) is 1. The third kappa shape index (κ3) is 1.75. The van der Waals surface area contributed by atoms with Gasteiger partial charge in [-0.1, -0.05) is 17.7 Å². The monoisotopic (exact) mass is 264 g/mol. The fraction of sp³-hybridized carbons (Fsp3) is 0. The van der Waals surface area contributed by atoms with Gasteiger partial charge in [-0.25, -0.2) is 13.8 Å². The van der Waals surface area contributed by atoms with Crippen LogP contribution in [0, 0.1) is 11.6 Å². The van der Waals surface area contributed by atoms with Gasteiger partial charge in [0.05, 0.1) is 16.1 Å². The van der Waals surface area contributed by atoms with Gasteiger partial charge < -0.3 is 4.98 Å². The average Bonchev–Trinajstić information content (AvgIpc) is 2.74. The van der Waals surface area contributed by atoms with Crippen LogP contribution in [0.2, 0.25) is 5.02 Å². The molecule has 2 nitrogen and oxygen atoms in total.